The van der Waals surface area contributed by atoms with Gasteiger partial charge >= 0.3 is 0 Å². The van der Waals surface area contributed by atoms with Crippen molar-refractivity contribution < 1.29 is 9.90 Å². The molecule has 0 fully saturated rings. The average Bonchev–Trinajstić information content (AvgIpc) is 2.83. The minimum atomic E-state index is -0.221. The molecule has 0 unspecified atom stereocenters. The van der Waals surface area contributed by atoms with Crippen LogP contribution in [-0.4, -0.2) is 22.6 Å². The van der Waals surface area contributed by atoms with E-state index in [4.69, 9.17) is 5.11 Å². The number of aliphatic hydroxyl groups is 1. The maximum atomic E-state index is 11.9. The highest BCUT2D eigenvalue weighted by molar-refractivity contribution is 9.11. The summed E-state index contributed by atoms with van der Waals surface area (Å²) >= 11 is 4.75. The zero-order valence-corrected chi connectivity index (χ0v) is 12.1. The molecule has 0 atom stereocenters. The van der Waals surface area contributed by atoms with Crippen LogP contribution < -0.4 is 5.32 Å². The summed E-state index contributed by atoms with van der Waals surface area (Å²) in [7, 11) is 0. The first-order chi connectivity index (χ1) is 9.19. The number of nitrogens with zero attached hydrogens (tertiary/aromatic N) is 1. The van der Waals surface area contributed by atoms with Crippen LogP contribution in [0.25, 0.3) is 0 Å². The van der Waals surface area contributed by atoms with Gasteiger partial charge in [-0.15, -0.1) is 11.3 Å². The Morgan fingerprint density at radius 2 is 2.37 bits per heavy atom. The number of rotatable bonds is 2. The second-order valence-electron chi connectivity index (χ2n) is 3.48. The summed E-state index contributed by atoms with van der Waals surface area (Å²) in [5, 5.41) is 13.1. The molecule has 0 aliphatic rings. The number of aliphatic hydroxyl groups excluding tert-OH is 1. The molecule has 0 aromatic carbocycles. The Labute approximate surface area is 122 Å². The molecule has 0 radical (unpaired) electrons. The van der Waals surface area contributed by atoms with Gasteiger partial charge in [0, 0.05) is 17.1 Å². The number of aromatic nitrogens is 1. The molecule has 1 amide bonds. The number of hydrogen-bond donors (Lipinski definition) is 2. The molecule has 0 saturated heterocycles. The smallest absolute Gasteiger partial charge is 0.257 e. The van der Waals surface area contributed by atoms with Crippen LogP contribution in [-0.2, 0) is 0 Å². The number of halogens is 1. The van der Waals surface area contributed by atoms with Crippen LogP contribution in [0, 0.1) is 11.8 Å². The Balaban J connectivity index is 2.13. The van der Waals surface area contributed by atoms with E-state index in [2.05, 4.69) is 38.1 Å². The number of thiophene rings is 1. The van der Waals surface area contributed by atoms with Crippen LogP contribution in [0.2, 0.25) is 0 Å². The van der Waals surface area contributed by atoms with Crippen molar-refractivity contribution in [2.24, 2.45) is 0 Å². The van der Waals surface area contributed by atoms with Gasteiger partial charge in [0.15, 0.2) is 0 Å². The summed E-state index contributed by atoms with van der Waals surface area (Å²) in [6.45, 7) is -0.201. The quantitative estimate of drug-likeness (QED) is 0.828. The van der Waals surface area contributed by atoms with Crippen LogP contribution in [0.4, 0.5) is 5.82 Å². The third-order valence-corrected chi connectivity index (χ3v) is 3.65. The molecule has 0 spiro atoms. The van der Waals surface area contributed by atoms with Crippen molar-refractivity contribution in [1.29, 1.82) is 0 Å². The fourth-order valence-electron chi connectivity index (χ4n) is 1.34. The molecule has 2 rings (SSSR count). The standard InChI is InChI=1S/C13H9BrN2O2S/c14-11-7-10(8-19-11)13(18)16-12-6-9(2-1-5-17)3-4-15-12/h3-4,6-8,17H,5H2,(H,15,16,18). The van der Waals surface area contributed by atoms with Crippen molar-refractivity contribution in [2.75, 3.05) is 11.9 Å². The Bertz CT molecular complexity index is 658. The minimum absolute atomic E-state index is 0.201. The highest BCUT2D eigenvalue weighted by Gasteiger charge is 2.08. The number of nitrogens with one attached hydrogen (secondary N) is 1. The summed E-state index contributed by atoms with van der Waals surface area (Å²) in [6, 6.07) is 5.11. The molecule has 2 heterocycles. The van der Waals surface area contributed by atoms with Crippen LogP contribution in [0.15, 0.2) is 33.6 Å². The molecule has 0 saturated carbocycles. The van der Waals surface area contributed by atoms with Crippen LogP contribution in [0.3, 0.4) is 0 Å². The second-order valence-corrected chi connectivity index (χ2v) is 5.77. The summed E-state index contributed by atoms with van der Waals surface area (Å²) in [5.41, 5.74) is 1.26. The van der Waals surface area contributed by atoms with Gasteiger partial charge in [0.1, 0.15) is 12.4 Å². The predicted octanol–water partition coefficient (Wildman–Crippen LogP) is 2.50. The first-order valence-electron chi connectivity index (χ1n) is 5.30. The Hall–Kier alpha value is -1.68. The van der Waals surface area contributed by atoms with Crippen LogP contribution in [0.5, 0.6) is 0 Å². The molecule has 4 nitrogen and oxygen atoms in total. The first-order valence-corrected chi connectivity index (χ1v) is 6.97. The fourth-order valence-corrected chi connectivity index (χ4v) is 2.47. The summed E-state index contributed by atoms with van der Waals surface area (Å²) in [5.74, 6) is 5.50. The van der Waals surface area contributed by atoms with Crippen molar-refractivity contribution in [2.45, 2.75) is 0 Å². The van der Waals surface area contributed by atoms with E-state index in [9.17, 15) is 4.79 Å². The van der Waals surface area contributed by atoms with Gasteiger partial charge in [0.25, 0.3) is 5.91 Å². The van der Waals surface area contributed by atoms with Crippen LogP contribution >= 0.6 is 27.3 Å². The Morgan fingerprint density at radius 3 is 3.05 bits per heavy atom. The number of pyridine rings is 1. The summed E-state index contributed by atoms with van der Waals surface area (Å²) in [6.07, 6.45) is 1.56. The number of amides is 1. The third-order valence-electron chi connectivity index (χ3n) is 2.14. The molecule has 2 N–H and O–H groups in total. The van der Waals surface area contributed by atoms with E-state index in [1.54, 1.807) is 29.8 Å². The lowest BCUT2D eigenvalue weighted by atomic mass is 10.2. The monoisotopic (exact) mass is 336 g/mol. The molecule has 2 aromatic heterocycles. The molecule has 0 aliphatic heterocycles. The number of carbonyl (C=O) groups excluding carboxylic acids is 1. The molecule has 0 aliphatic carbocycles. The third kappa shape index (κ3) is 3.89. The van der Waals surface area contributed by atoms with Crippen molar-refractivity contribution in [3.05, 3.63) is 44.7 Å². The summed E-state index contributed by atoms with van der Waals surface area (Å²) in [4.78, 5) is 16.0. The number of hydrogen-bond acceptors (Lipinski definition) is 4. The van der Waals surface area contributed by atoms with E-state index in [1.165, 1.54) is 11.3 Å². The molecule has 0 bridgehead atoms. The van der Waals surface area contributed by atoms with Gasteiger partial charge in [-0.3, -0.25) is 4.79 Å². The first kappa shape index (κ1) is 13.7. The Morgan fingerprint density at radius 1 is 1.53 bits per heavy atom. The fraction of sp³-hybridized carbons (Fsp3) is 0.0769. The lowest BCUT2D eigenvalue weighted by Crippen LogP contribution is -2.11. The van der Waals surface area contributed by atoms with E-state index < -0.39 is 0 Å². The molecule has 19 heavy (non-hydrogen) atoms. The van der Waals surface area contributed by atoms with Crippen LogP contribution in [0.1, 0.15) is 15.9 Å². The van der Waals surface area contributed by atoms with Crippen molar-refractivity contribution >= 4 is 39.0 Å². The van der Waals surface area contributed by atoms with Gasteiger partial charge in [-0.1, -0.05) is 11.8 Å². The molecule has 2 aromatic rings. The zero-order valence-electron chi connectivity index (χ0n) is 9.68. The van der Waals surface area contributed by atoms with E-state index >= 15 is 0 Å². The topological polar surface area (TPSA) is 62.2 Å². The van der Waals surface area contributed by atoms with Crippen molar-refractivity contribution in [3.63, 3.8) is 0 Å². The van der Waals surface area contributed by atoms with Gasteiger partial charge in [0.2, 0.25) is 0 Å². The maximum absolute atomic E-state index is 11.9. The van der Waals surface area contributed by atoms with Gasteiger partial charge in [0.05, 0.1) is 9.35 Å². The van der Waals surface area contributed by atoms with E-state index in [1.807, 2.05) is 0 Å². The van der Waals surface area contributed by atoms with Gasteiger partial charge in [-0.05, 0) is 34.1 Å². The van der Waals surface area contributed by atoms with Gasteiger partial charge < -0.3 is 10.4 Å². The largest absolute Gasteiger partial charge is 0.384 e. The highest BCUT2D eigenvalue weighted by Crippen LogP contribution is 2.21. The highest BCUT2D eigenvalue weighted by atomic mass is 79.9. The van der Waals surface area contributed by atoms with E-state index in [-0.39, 0.29) is 12.5 Å². The van der Waals surface area contributed by atoms with E-state index in [0.29, 0.717) is 16.9 Å². The van der Waals surface area contributed by atoms with E-state index in [0.717, 1.165) is 3.79 Å². The molecule has 6 heteroatoms. The average molecular weight is 337 g/mol. The Kier molecular flexibility index (Phi) is 4.68. The predicted molar refractivity (Wildman–Crippen MR) is 78.2 cm³/mol. The minimum Gasteiger partial charge on any atom is -0.384 e. The molecular formula is C13H9BrN2O2S. The molecule has 96 valence electrons. The summed E-state index contributed by atoms with van der Waals surface area (Å²) < 4.78 is 0.896. The SMILES string of the molecule is O=C(Nc1cc(C#CCO)ccn1)c1csc(Br)c1. The lowest BCUT2D eigenvalue weighted by Gasteiger charge is -2.02. The maximum Gasteiger partial charge on any atom is 0.257 e. The lowest BCUT2D eigenvalue weighted by molar-refractivity contribution is 0.102. The zero-order chi connectivity index (χ0) is 13.7. The number of anilines is 1. The van der Waals surface area contributed by atoms with Gasteiger partial charge in [-0.25, -0.2) is 4.98 Å². The van der Waals surface area contributed by atoms with Gasteiger partial charge in [-0.2, -0.15) is 0 Å². The van der Waals surface area contributed by atoms with Crippen molar-refractivity contribution in [1.82, 2.24) is 4.98 Å². The molecular weight excluding hydrogens is 328 g/mol. The second kappa shape index (κ2) is 6.48. The van der Waals surface area contributed by atoms with Crippen molar-refractivity contribution in [3.8, 4) is 11.8 Å². The number of carbonyl (C=O) groups is 1. The normalized spacial score (nSPS) is 9.58.